The van der Waals surface area contributed by atoms with Gasteiger partial charge in [-0.15, -0.1) is 0 Å². The maximum Gasteiger partial charge on any atom is 0.288 e. The van der Waals surface area contributed by atoms with Crippen molar-refractivity contribution in [2.75, 3.05) is 26.7 Å². The van der Waals surface area contributed by atoms with E-state index < -0.39 is 4.92 Å². The van der Waals surface area contributed by atoms with Crippen molar-refractivity contribution < 1.29 is 9.72 Å². The molecule has 8 heteroatoms. The number of likely N-dealkylation sites (N-methyl/N-ethyl adjacent to an activating group) is 1. The molecule has 0 saturated carbocycles. The molecule has 1 fully saturated rings. The Kier molecular flexibility index (Phi) is 4.74. The van der Waals surface area contributed by atoms with Crippen molar-refractivity contribution >= 4 is 23.2 Å². The lowest BCUT2D eigenvalue weighted by molar-refractivity contribution is -0.385. The molecular weight excluding hydrogens is 296 g/mol. The minimum absolute atomic E-state index is 0.00426. The molecule has 0 aliphatic carbocycles. The van der Waals surface area contributed by atoms with Crippen LogP contribution in [0.1, 0.15) is 23.7 Å². The molecule has 2 rings (SSSR count). The second-order valence-electron chi connectivity index (χ2n) is 5.25. The van der Waals surface area contributed by atoms with E-state index in [4.69, 9.17) is 11.6 Å². The SMILES string of the molecule is CC1CN(C)CCCN1C(=O)c1cc([N+](=O)[O-])cnc1Cl. The summed E-state index contributed by atoms with van der Waals surface area (Å²) in [4.78, 5) is 30.5. The monoisotopic (exact) mass is 312 g/mol. The molecule has 0 N–H and O–H groups in total. The lowest BCUT2D eigenvalue weighted by Gasteiger charge is -2.28. The van der Waals surface area contributed by atoms with Crippen molar-refractivity contribution in [3.05, 3.63) is 33.1 Å². The number of halogens is 1. The summed E-state index contributed by atoms with van der Waals surface area (Å²) in [5.74, 6) is -0.306. The molecule has 1 unspecified atom stereocenters. The van der Waals surface area contributed by atoms with E-state index in [1.807, 2.05) is 14.0 Å². The smallest absolute Gasteiger partial charge is 0.288 e. The summed E-state index contributed by atoms with van der Waals surface area (Å²) in [6.45, 7) is 4.22. The number of carbonyl (C=O) groups is 1. The summed E-state index contributed by atoms with van der Waals surface area (Å²) < 4.78 is 0. The molecule has 1 aliphatic rings. The van der Waals surface area contributed by atoms with Gasteiger partial charge >= 0.3 is 0 Å². The van der Waals surface area contributed by atoms with E-state index >= 15 is 0 Å². The van der Waals surface area contributed by atoms with Gasteiger partial charge in [-0.2, -0.15) is 0 Å². The molecule has 1 amide bonds. The first-order valence-electron chi connectivity index (χ1n) is 6.69. The van der Waals surface area contributed by atoms with Crippen molar-refractivity contribution in [1.29, 1.82) is 0 Å². The lowest BCUT2D eigenvalue weighted by atomic mass is 10.2. The van der Waals surface area contributed by atoms with E-state index in [-0.39, 0.29) is 28.4 Å². The summed E-state index contributed by atoms with van der Waals surface area (Å²) >= 11 is 5.94. The van der Waals surface area contributed by atoms with Gasteiger partial charge in [0.2, 0.25) is 0 Å². The molecule has 0 aromatic carbocycles. The molecule has 1 atom stereocenters. The average molecular weight is 313 g/mol. The number of aromatic nitrogens is 1. The predicted octanol–water partition coefficient (Wildman–Crippen LogP) is 1.81. The molecule has 1 saturated heterocycles. The standard InChI is InChI=1S/C13H17ClN4O3/c1-9-8-16(2)4-3-5-17(9)13(19)11-6-10(18(20)21)7-15-12(11)14/h6-7,9H,3-5,8H2,1-2H3. The summed E-state index contributed by atoms with van der Waals surface area (Å²) in [7, 11) is 2.01. The van der Waals surface area contributed by atoms with Gasteiger partial charge in [0.15, 0.2) is 0 Å². The Labute approximate surface area is 127 Å². The first kappa shape index (κ1) is 15.7. The van der Waals surface area contributed by atoms with Crippen molar-refractivity contribution in [2.24, 2.45) is 0 Å². The number of hydrogen-bond acceptors (Lipinski definition) is 5. The highest BCUT2D eigenvalue weighted by Crippen LogP contribution is 2.22. The summed E-state index contributed by atoms with van der Waals surface area (Å²) in [6, 6.07) is 1.21. The zero-order chi connectivity index (χ0) is 15.6. The zero-order valence-corrected chi connectivity index (χ0v) is 12.7. The highest BCUT2D eigenvalue weighted by Gasteiger charge is 2.27. The van der Waals surface area contributed by atoms with E-state index in [1.54, 1.807) is 4.90 Å². The highest BCUT2D eigenvalue weighted by atomic mass is 35.5. The van der Waals surface area contributed by atoms with Gasteiger partial charge in [-0.05, 0) is 26.9 Å². The van der Waals surface area contributed by atoms with Crippen molar-refractivity contribution in [3.63, 3.8) is 0 Å². The van der Waals surface area contributed by atoms with Crippen molar-refractivity contribution in [3.8, 4) is 0 Å². The van der Waals surface area contributed by atoms with Crippen LogP contribution < -0.4 is 0 Å². The Morgan fingerprint density at radius 1 is 1.52 bits per heavy atom. The van der Waals surface area contributed by atoms with Crippen LogP contribution in [0.15, 0.2) is 12.3 Å². The molecular formula is C13H17ClN4O3. The average Bonchev–Trinajstić information content (AvgIpc) is 2.58. The molecule has 1 aliphatic heterocycles. The van der Waals surface area contributed by atoms with Gasteiger partial charge < -0.3 is 9.80 Å². The third kappa shape index (κ3) is 3.48. The Morgan fingerprint density at radius 3 is 2.90 bits per heavy atom. The van der Waals surface area contributed by atoms with Crippen LogP contribution in [0.3, 0.4) is 0 Å². The third-order valence-corrected chi connectivity index (χ3v) is 3.87. The molecule has 0 bridgehead atoms. The van der Waals surface area contributed by atoms with Crippen molar-refractivity contribution in [1.82, 2.24) is 14.8 Å². The fourth-order valence-electron chi connectivity index (χ4n) is 2.52. The van der Waals surface area contributed by atoms with Crippen LogP contribution in [-0.4, -0.2) is 58.3 Å². The normalized spacial score (nSPS) is 20.1. The van der Waals surface area contributed by atoms with E-state index in [0.717, 1.165) is 25.7 Å². The second-order valence-corrected chi connectivity index (χ2v) is 5.61. The number of nitrogens with zero attached hydrogens (tertiary/aromatic N) is 4. The van der Waals surface area contributed by atoms with Gasteiger partial charge in [0.1, 0.15) is 11.3 Å². The van der Waals surface area contributed by atoms with Crippen LogP contribution in [0.25, 0.3) is 0 Å². The summed E-state index contributed by atoms with van der Waals surface area (Å²) in [5, 5.41) is 10.8. The van der Waals surface area contributed by atoms with Gasteiger partial charge in [-0.3, -0.25) is 14.9 Å². The number of rotatable bonds is 2. The maximum atomic E-state index is 12.6. The lowest BCUT2D eigenvalue weighted by Crippen LogP contribution is -2.42. The topological polar surface area (TPSA) is 79.6 Å². The molecule has 0 radical (unpaired) electrons. The van der Waals surface area contributed by atoms with Crippen LogP contribution in [0, 0.1) is 10.1 Å². The predicted molar refractivity (Wildman–Crippen MR) is 78.5 cm³/mol. The fourth-order valence-corrected chi connectivity index (χ4v) is 2.70. The molecule has 1 aromatic heterocycles. The van der Waals surface area contributed by atoms with Crippen LogP contribution in [-0.2, 0) is 0 Å². The van der Waals surface area contributed by atoms with Crippen LogP contribution in [0.2, 0.25) is 5.15 Å². The number of carbonyl (C=O) groups excluding carboxylic acids is 1. The van der Waals surface area contributed by atoms with Crippen LogP contribution in [0.4, 0.5) is 5.69 Å². The van der Waals surface area contributed by atoms with Crippen LogP contribution >= 0.6 is 11.6 Å². The molecule has 1 aromatic rings. The van der Waals surface area contributed by atoms with Gasteiger partial charge in [-0.1, -0.05) is 11.6 Å². The molecule has 114 valence electrons. The molecule has 7 nitrogen and oxygen atoms in total. The molecule has 21 heavy (non-hydrogen) atoms. The quantitative estimate of drug-likeness (QED) is 0.473. The highest BCUT2D eigenvalue weighted by molar-refractivity contribution is 6.32. The van der Waals surface area contributed by atoms with Crippen molar-refractivity contribution in [2.45, 2.75) is 19.4 Å². The Bertz CT molecular complexity index is 566. The van der Waals surface area contributed by atoms with E-state index in [0.29, 0.717) is 6.54 Å². The van der Waals surface area contributed by atoms with Gasteiger partial charge in [0.05, 0.1) is 10.5 Å². The second kappa shape index (κ2) is 6.36. The summed E-state index contributed by atoms with van der Waals surface area (Å²) in [6.07, 6.45) is 1.91. The first-order valence-corrected chi connectivity index (χ1v) is 7.07. The van der Waals surface area contributed by atoms with E-state index in [1.165, 1.54) is 6.07 Å². The van der Waals surface area contributed by atoms with E-state index in [2.05, 4.69) is 9.88 Å². The van der Waals surface area contributed by atoms with Gasteiger partial charge in [0, 0.05) is 25.2 Å². The third-order valence-electron chi connectivity index (χ3n) is 3.57. The van der Waals surface area contributed by atoms with Crippen LogP contribution in [0.5, 0.6) is 0 Å². The number of hydrogen-bond donors (Lipinski definition) is 0. The minimum atomic E-state index is -0.584. The zero-order valence-electron chi connectivity index (χ0n) is 12.0. The Morgan fingerprint density at radius 2 is 2.24 bits per heavy atom. The summed E-state index contributed by atoms with van der Waals surface area (Å²) in [5.41, 5.74) is -0.149. The number of amides is 1. The first-order chi connectivity index (χ1) is 9.90. The molecule has 2 heterocycles. The largest absolute Gasteiger partial charge is 0.335 e. The Balaban J connectivity index is 2.30. The number of pyridine rings is 1. The Hall–Kier alpha value is -1.73. The fraction of sp³-hybridized carbons (Fsp3) is 0.538. The van der Waals surface area contributed by atoms with Gasteiger partial charge in [0.25, 0.3) is 11.6 Å². The van der Waals surface area contributed by atoms with Gasteiger partial charge in [-0.25, -0.2) is 4.98 Å². The maximum absolute atomic E-state index is 12.6. The number of nitro groups is 1. The van der Waals surface area contributed by atoms with E-state index in [9.17, 15) is 14.9 Å². The molecule has 0 spiro atoms. The minimum Gasteiger partial charge on any atom is -0.335 e.